The predicted molar refractivity (Wildman–Crippen MR) is 77.9 cm³/mol. The molecule has 102 valence electrons. The second kappa shape index (κ2) is 7.41. The summed E-state index contributed by atoms with van der Waals surface area (Å²) in [6.45, 7) is 0.420. The SMILES string of the molecule is N#Cc1ccc(CSCC(=O)NCc2ccco2)cc1. The molecule has 0 unspecified atom stereocenters. The summed E-state index contributed by atoms with van der Waals surface area (Å²) in [5, 5.41) is 11.5. The van der Waals surface area contributed by atoms with Gasteiger partial charge >= 0.3 is 0 Å². The van der Waals surface area contributed by atoms with E-state index in [0.717, 1.165) is 17.1 Å². The molecule has 0 atom stereocenters. The van der Waals surface area contributed by atoms with Crippen LogP contribution in [0.5, 0.6) is 0 Å². The molecular weight excluding hydrogens is 272 g/mol. The molecule has 2 aromatic rings. The number of hydrogen-bond donors (Lipinski definition) is 1. The lowest BCUT2D eigenvalue weighted by atomic mass is 10.2. The molecule has 0 saturated carbocycles. The lowest BCUT2D eigenvalue weighted by Crippen LogP contribution is -2.24. The number of nitriles is 1. The molecule has 5 heteroatoms. The van der Waals surface area contributed by atoms with Crippen molar-refractivity contribution in [2.75, 3.05) is 5.75 Å². The van der Waals surface area contributed by atoms with E-state index >= 15 is 0 Å². The number of furan rings is 1. The molecule has 4 nitrogen and oxygen atoms in total. The number of benzene rings is 1. The smallest absolute Gasteiger partial charge is 0.230 e. The van der Waals surface area contributed by atoms with Gasteiger partial charge in [-0.25, -0.2) is 0 Å². The Hall–Kier alpha value is -2.19. The second-order valence-corrected chi connectivity index (χ2v) is 5.14. The summed E-state index contributed by atoms with van der Waals surface area (Å²) < 4.78 is 5.13. The summed E-state index contributed by atoms with van der Waals surface area (Å²) in [6.07, 6.45) is 1.58. The highest BCUT2D eigenvalue weighted by atomic mass is 32.2. The fraction of sp³-hybridized carbons (Fsp3) is 0.200. The average Bonchev–Trinajstić information content (AvgIpc) is 2.99. The van der Waals surface area contributed by atoms with Gasteiger partial charge in [-0.05, 0) is 29.8 Å². The van der Waals surface area contributed by atoms with E-state index in [4.69, 9.17) is 9.68 Å². The maximum absolute atomic E-state index is 11.6. The van der Waals surface area contributed by atoms with Crippen molar-refractivity contribution in [2.45, 2.75) is 12.3 Å². The Morgan fingerprint density at radius 1 is 1.30 bits per heavy atom. The number of carbonyl (C=O) groups excluding carboxylic acids is 1. The molecule has 1 aromatic heterocycles. The van der Waals surface area contributed by atoms with E-state index in [1.165, 1.54) is 11.8 Å². The lowest BCUT2D eigenvalue weighted by Gasteiger charge is -2.04. The van der Waals surface area contributed by atoms with Crippen molar-refractivity contribution in [3.05, 3.63) is 59.5 Å². The van der Waals surface area contributed by atoms with Gasteiger partial charge in [0.25, 0.3) is 0 Å². The van der Waals surface area contributed by atoms with Crippen LogP contribution in [0.25, 0.3) is 0 Å². The van der Waals surface area contributed by atoms with Crippen LogP contribution < -0.4 is 5.32 Å². The molecule has 0 aliphatic heterocycles. The number of amides is 1. The maximum atomic E-state index is 11.6. The van der Waals surface area contributed by atoms with Crippen LogP contribution in [0.2, 0.25) is 0 Å². The monoisotopic (exact) mass is 286 g/mol. The predicted octanol–water partition coefficient (Wildman–Crippen LogP) is 2.70. The largest absolute Gasteiger partial charge is 0.467 e. The Labute approximate surface area is 121 Å². The van der Waals surface area contributed by atoms with Gasteiger partial charge in [0, 0.05) is 5.75 Å². The van der Waals surface area contributed by atoms with Crippen LogP contribution in [-0.4, -0.2) is 11.7 Å². The molecule has 0 aliphatic rings. The van der Waals surface area contributed by atoms with E-state index in [1.807, 2.05) is 18.2 Å². The third-order valence-corrected chi connectivity index (χ3v) is 3.63. The summed E-state index contributed by atoms with van der Waals surface area (Å²) in [4.78, 5) is 11.6. The first-order chi connectivity index (χ1) is 9.78. The Morgan fingerprint density at radius 3 is 2.75 bits per heavy atom. The van der Waals surface area contributed by atoms with Gasteiger partial charge in [-0.2, -0.15) is 5.26 Å². The maximum Gasteiger partial charge on any atom is 0.230 e. The van der Waals surface area contributed by atoms with Crippen molar-refractivity contribution in [2.24, 2.45) is 0 Å². The van der Waals surface area contributed by atoms with Gasteiger partial charge < -0.3 is 9.73 Å². The van der Waals surface area contributed by atoms with Crippen LogP contribution in [0.15, 0.2) is 47.1 Å². The van der Waals surface area contributed by atoms with Crippen molar-refractivity contribution in [1.29, 1.82) is 5.26 Å². The minimum atomic E-state index is -0.0138. The number of hydrogen-bond acceptors (Lipinski definition) is 4. The fourth-order valence-electron chi connectivity index (χ4n) is 1.59. The van der Waals surface area contributed by atoms with E-state index in [9.17, 15) is 4.79 Å². The van der Waals surface area contributed by atoms with E-state index < -0.39 is 0 Å². The van der Waals surface area contributed by atoms with E-state index in [0.29, 0.717) is 17.9 Å². The lowest BCUT2D eigenvalue weighted by molar-refractivity contribution is -0.118. The summed E-state index contributed by atoms with van der Waals surface area (Å²) >= 11 is 1.54. The third-order valence-electron chi connectivity index (χ3n) is 2.62. The molecule has 0 radical (unpaired) electrons. The van der Waals surface area contributed by atoms with Gasteiger partial charge in [-0.3, -0.25) is 4.79 Å². The average molecular weight is 286 g/mol. The molecule has 1 heterocycles. The highest BCUT2D eigenvalue weighted by Crippen LogP contribution is 2.12. The van der Waals surface area contributed by atoms with Crippen LogP contribution in [-0.2, 0) is 17.1 Å². The van der Waals surface area contributed by atoms with Crippen molar-refractivity contribution < 1.29 is 9.21 Å². The number of nitrogens with one attached hydrogen (secondary N) is 1. The fourth-order valence-corrected chi connectivity index (χ4v) is 2.40. The van der Waals surface area contributed by atoms with Crippen LogP contribution in [0.1, 0.15) is 16.9 Å². The van der Waals surface area contributed by atoms with E-state index in [-0.39, 0.29) is 5.91 Å². The molecular formula is C15H14N2O2S. The van der Waals surface area contributed by atoms with Gasteiger partial charge in [-0.15, -0.1) is 11.8 Å². The number of thioether (sulfide) groups is 1. The standard InChI is InChI=1S/C15H14N2O2S/c16-8-12-3-5-13(6-4-12)10-20-11-15(18)17-9-14-2-1-7-19-14/h1-7H,9-11H2,(H,17,18). The van der Waals surface area contributed by atoms with Crippen LogP contribution in [0.3, 0.4) is 0 Å². The van der Waals surface area contributed by atoms with Crippen LogP contribution >= 0.6 is 11.8 Å². The van der Waals surface area contributed by atoms with Gasteiger partial charge in [0.15, 0.2) is 0 Å². The minimum absolute atomic E-state index is 0.0138. The Kier molecular flexibility index (Phi) is 5.27. The first-order valence-corrected chi connectivity index (χ1v) is 7.29. The summed E-state index contributed by atoms with van der Waals surface area (Å²) in [6, 6.07) is 13.1. The highest BCUT2D eigenvalue weighted by molar-refractivity contribution is 7.99. The van der Waals surface area contributed by atoms with Crippen molar-refractivity contribution in [3.63, 3.8) is 0 Å². The Bertz CT molecular complexity index is 585. The first-order valence-electron chi connectivity index (χ1n) is 6.14. The molecule has 0 spiro atoms. The molecule has 0 aliphatic carbocycles. The zero-order valence-electron chi connectivity index (χ0n) is 10.8. The normalized spacial score (nSPS) is 9.95. The molecule has 0 saturated heterocycles. The summed E-state index contributed by atoms with van der Waals surface area (Å²) in [5.41, 5.74) is 1.75. The first kappa shape index (κ1) is 14.2. The Morgan fingerprint density at radius 2 is 2.10 bits per heavy atom. The van der Waals surface area contributed by atoms with Crippen molar-refractivity contribution in [3.8, 4) is 6.07 Å². The van der Waals surface area contributed by atoms with E-state index in [1.54, 1.807) is 24.5 Å². The second-order valence-electron chi connectivity index (χ2n) is 4.16. The zero-order chi connectivity index (χ0) is 14.2. The van der Waals surface area contributed by atoms with Gasteiger partial charge in [-0.1, -0.05) is 12.1 Å². The molecule has 2 rings (SSSR count). The van der Waals surface area contributed by atoms with Crippen LogP contribution in [0, 0.1) is 11.3 Å². The van der Waals surface area contributed by atoms with Crippen molar-refractivity contribution >= 4 is 17.7 Å². The van der Waals surface area contributed by atoms with Gasteiger partial charge in [0.2, 0.25) is 5.91 Å². The Balaban J connectivity index is 1.67. The zero-order valence-corrected chi connectivity index (χ0v) is 11.7. The molecule has 20 heavy (non-hydrogen) atoms. The number of rotatable bonds is 6. The summed E-state index contributed by atoms with van der Waals surface area (Å²) in [7, 11) is 0. The molecule has 0 fully saturated rings. The summed E-state index contributed by atoms with van der Waals surface area (Å²) in [5.74, 6) is 1.89. The number of carbonyl (C=O) groups is 1. The quantitative estimate of drug-likeness (QED) is 0.886. The molecule has 0 bridgehead atoms. The minimum Gasteiger partial charge on any atom is -0.467 e. The van der Waals surface area contributed by atoms with E-state index in [2.05, 4.69) is 11.4 Å². The van der Waals surface area contributed by atoms with Crippen molar-refractivity contribution in [1.82, 2.24) is 5.32 Å². The van der Waals surface area contributed by atoms with Gasteiger partial charge in [0.1, 0.15) is 5.76 Å². The number of nitrogens with zero attached hydrogens (tertiary/aromatic N) is 1. The molecule has 1 N–H and O–H groups in total. The highest BCUT2D eigenvalue weighted by Gasteiger charge is 2.03. The van der Waals surface area contributed by atoms with Crippen LogP contribution in [0.4, 0.5) is 0 Å². The molecule has 1 aromatic carbocycles. The molecule has 1 amide bonds. The van der Waals surface area contributed by atoms with Gasteiger partial charge in [0.05, 0.1) is 30.2 Å². The third kappa shape index (κ3) is 4.48. The topological polar surface area (TPSA) is 66.0 Å².